The summed E-state index contributed by atoms with van der Waals surface area (Å²) in [7, 11) is -3.64. The zero-order valence-corrected chi connectivity index (χ0v) is 17.6. The Labute approximate surface area is 156 Å². The van der Waals surface area contributed by atoms with Gasteiger partial charge in [-0.25, -0.2) is 8.42 Å². The Hall–Kier alpha value is -1.27. The average molecular weight is 389 g/mol. The molecular weight excluding hydrogens is 360 g/mol. The lowest BCUT2D eigenvalue weighted by molar-refractivity contribution is -0.123. The fourth-order valence-corrected chi connectivity index (χ4v) is 4.51. The minimum absolute atomic E-state index is 0.0344. The third kappa shape index (κ3) is 6.86. The fraction of sp³-hybridized carbons (Fsp3) is 0.611. The lowest BCUT2D eigenvalue weighted by atomic mass is 9.81. The Balaban J connectivity index is 3.08. The van der Waals surface area contributed by atoms with Gasteiger partial charge in [-0.05, 0) is 56.9 Å². The van der Waals surface area contributed by atoms with Crippen LogP contribution in [-0.2, 0) is 14.8 Å². The van der Waals surface area contributed by atoms with E-state index in [2.05, 4.69) is 26.1 Å². The molecule has 1 aromatic carbocycles. The molecule has 0 spiro atoms. The highest BCUT2D eigenvalue weighted by atomic mass is 35.5. The molecular formula is C18H29ClN2O3S. The van der Waals surface area contributed by atoms with E-state index in [0.717, 1.165) is 17.0 Å². The zero-order chi connectivity index (χ0) is 19.6. The van der Waals surface area contributed by atoms with Gasteiger partial charge in [-0.1, -0.05) is 32.4 Å². The molecule has 0 aliphatic carbocycles. The Kier molecular flexibility index (Phi) is 6.57. The predicted octanol–water partition coefficient (Wildman–Crippen LogP) is 3.83. The lowest BCUT2D eigenvalue weighted by Crippen LogP contribution is -2.54. The van der Waals surface area contributed by atoms with Crippen LogP contribution in [0.25, 0.3) is 0 Å². The van der Waals surface area contributed by atoms with Crippen molar-refractivity contribution in [2.24, 2.45) is 5.41 Å². The summed E-state index contributed by atoms with van der Waals surface area (Å²) >= 11 is 5.87. The highest BCUT2D eigenvalue weighted by molar-refractivity contribution is 7.92. The molecule has 0 saturated carbocycles. The Morgan fingerprint density at radius 2 is 1.64 bits per heavy atom. The molecule has 0 bridgehead atoms. The van der Waals surface area contributed by atoms with Crippen LogP contribution in [0, 0.1) is 5.41 Å². The smallest absolute Gasteiger partial charge is 0.244 e. The number of rotatable bonds is 6. The molecule has 0 aromatic heterocycles. The van der Waals surface area contributed by atoms with E-state index in [1.807, 2.05) is 13.8 Å². The second-order valence-corrected chi connectivity index (χ2v) is 10.6. The van der Waals surface area contributed by atoms with Gasteiger partial charge in [0.2, 0.25) is 15.9 Å². The van der Waals surface area contributed by atoms with E-state index in [-0.39, 0.29) is 11.3 Å². The van der Waals surface area contributed by atoms with Crippen molar-refractivity contribution in [3.63, 3.8) is 0 Å². The van der Waals surface area contributed by atoms with Crippen LogP contribution in [0.1, 0.15) is 48.0 Å². The third-order valence-corrected chi connectivity index (χ3v) is 5.10. The molecule has 0 aliphatic rings. The van der Waals surface area contributed by atoms with Crippen molar-refractivity contribution < 1.29 is 13.2 Å². The number of carbonyl (C=O) groups excluding carboxylic acids is 1. The van der Waals surface area contributed by atoms with Gasteiger partial charge < -0.3 is 5.32 Å². The number of sulfonamides is 1. The number of amides is 1. The quantitative estimate of drug-likeness (QED) is 0.805. The van der Waals surface area contributed by atoms with Gasteiger partial charge in [0, 0.05) is 10.6 Å². The van der Waals surface area contributed by atoms with Crippen LogP contribution >= 0.6 is 11.6 Å². The van der Waals surface area contributed by atoms with Crippen LogP contribution in [0.2, 0.25) is 5.02 Å². The van der Waals surface area contributed by atoms with Crippen LogP contribution in [0.15, 0.2) is 24.3 Å². The topological polar surface area (TPSA) is 66.5 Å². The largest absolute Gasteiger partial charge is 0.349 e. The molecule has 1 rings (SSSR count). The lowest BCUT2D eigenvalue weighted by Gasteiger charge is -2.36. The van der Waals surface area contributed by atoms with E-state index in [0.29, 0.717) is 10.7 Å². The van der Waals surface area contributed by atoms with Crippen LogP contribution in [0.5, 0.6) is 0 Å². The maximum absolute atomic E-state index is 12.7. The molecule has 0 heterocycles. The summed E-state index contributed by atoms with van der Waals surface area (Å²) in [6.07, 6.45) is 1.85. The third-order valence-electron chi connectivity index (χ3n) is 3.60. The van der Waals surface area contributed by atoms with Gasteiger partial charge >= 0.3 is 0 Å². The first-order valence-electron chi connectivity index (χ1n) is 8.19. The molecule has 1 atom stereocenters. The van der Waals surface area contributed by atoms with Gasteiger partial charge in [-0.15, -0.1) is 0 Å². The van der Waals surface area contributed by atoms with Crippen LogP contribution in [0.3, 0.4) is 0 Å². The average Bonchev–Trinajstić information content (AvgIpc) is 2.36. The zero-order valence-electron chi connectivity index (χ0n) is 16.1. The van der Waals surface area contributed by atoms with Crippen LogP contribution < -0.4 is 9.62 Å². The number of nitrogens with one attached hydrogen (secondary N) is 1. The number of nitrogens with zero attached hydrogens (tertiary/aromatic N) is 1. The second kappa shape index (κ2) is 7.54. The van der Waals surface area contributed by atoms with Gasteiger partial charge in [0.1, 0.15) is 6.04 Å². The Bertz CT molecular complexity index is 707. The van der Waals surface area contributed by atoms with Crippen LogP contribution in [0.4, 0.5) is 5.69 Å². The summed E-state index contributed by atoms with van der Waals surface area (Å²) in [5, 5.41) is 3.48. The summed E-state index contributed by atoms with van der Waals surface area (Å²) in [5.41, 5.74) is -0.0115. The molecule has 142 valence electrons. The van der Waals surface area contributed by atoms with E-state index >= 15 is 0 Å². The van der Waals surface area contributed by atoms with E-state index < -0.39 is 21.6 Å². The van der Waals surface area contributed by atoms with E-state index in [1.54, 1.807) is 31.2 Å². The standard InChI is InChI=1S/C18H29ClN2O3S/c1-13(16(22)20-18(5,6)12-17(2,3)4)21(25(7,23)24)15-10-8-14(19)9-11-15/h8-11,13H,12H2,1-7H3,(H,20,22)/t13-/m0/s1. The predicted molar refractivity (Wildman–Crippen MR) is 105 cm³/mol. The van der Waals surface area contributed by atoms with Crippen molar-refractivity contribution in [2.45, 2.75) is 59.5 Å². The number of hydrogen-bond acceptors (Lipinski definition) is 3. The van der Waals surface area contributed by atoms with Gasteiger partial charge in [0.15, 0.2) is 0 Å². The van der Waals surface area contributed by atoms with Gasteiger partial charge in [-0.2, -0.15) is 0 Å². The fourth-order valence-electron chi connectivity index (χ4n) is 3.20. The molecule has 0 saturated heterocycles. The van der Waals surface area contributed by atoms with Crippen molar-refractivity contribution in [3.8, 4) is 0 Å². The van der Waals surface area contributed by atoms with Gasteiger partial charge in [0.25, 0.3) is 0 Å². The van der Waals surface area contributed by atoms with Crippen LogP contribution in [-0.4, -0.2) is 32.2 Å². The molecule has 1 aromatic rings. The molecule has 7 heteroatoms. The highest BCUT2D eigenvalue weighted by Gasteiger charge is 2.33. The number of anilines is 1. The molecule has 25 heavy (non-hydrogen) atoms. The summed E-state index contributed by atoms with van der Waals surface area (Å²) in [6.45, 7) is 11.8. The first kappa shape index (κ1) is 21.8. The molecule has 5 nitrogen and oxygen atoms in total. The highest BCUT2D eigenvalue weighted by Crippen LogP contribution is 2.28. The second-order valence-electron chi connectivity index (χ2n) is 8.32. The SMILES string of the molecule is C[C@@H](C(=O)NC(C)(C)CC(C)(C)C)N(c1ccc(Cl)cc1)S(C)(=O)=O. The molecule has 0 fully saturated rings. The minimum Gasteiger partial charge on any atom is -0.349 e. The Morgan fingerprint density at radius 3 is 2.04 bits per heavy atom. The maximum atomic E-state index is 12.7. The minimum atomic E-state index is -3.64. The van der Waals surface area contributed by atoms with E-state index in [4.69, 9.17) is 11.6 Å². The molecule has 0 aliphatic heterocycles. The van der Waals surface area contributed by atoms with E-state index in [9.17, 15) is 13.2 Å². The number of carbonyl (C=O) groups is 1. The number of halogens is 1. The van der Waals surface area contributed by atoms with Gasteiger partial charge in [-0.3, -0.25) is 9.10 Å². The molecule has 1 amide bonds. The molecule has 1 N–H and O–H groups in total. The monoisotopic (exact) mass is 388 g/mol. The van der Waals surface area contributed by atoms with Crippen molar-refractivity contribution in [1.82, 2.24) is 5.32 Å². The normalized spacial score (nSPS) is 14.1. The van der Waals surface area contributed by atoms with Crippen molar-refractivity contribution in [3.05, 3.63) is 29.3 Å². The summed E-state index contributed by atoms with van der Waals surface area (Å²) in [6, 6.07) is 5.50. The first-order valence-corrected chi connectivity index (χ1v) is 10.4. The number of benzene rings is 1. The summed E-state index contributed by atoms with van der Waals surface area (Å²) < 4.78 is 25.7. The molecule has 0 radical (unpaired) electrons. The van der Waals surface area contributed by atoms with E-state index in [1.165, 1.54) is 0 Å². The van der Waals surface area contributed by atoms with Crippen molar-refractivity contribution in [2.75, 3.05) is 10.6 Å². The first-order chi connectivity index (χ1) is 11.1. The van der Waals surface area contributed by atoms with Gasteiger partial charge in [0.05, 0.1) is 11.9 Å². The summed E-state index contributed by atoms with van der Waals surface area (Å²) in [5.74, 6) is -0.338. The van der Waals surface area contributed by atoms with Crippen molar-refractivity contribution in [1.29, 1.82) is 0 Å². The summed E-state index contributed by atoms with van der Waals surface area (Å²) in [4.78, 5) is 12.7. The van der Waals surface area contributed by atoms with Crippen molar-refractivity contribution >= 4 is 33.2 Å². The molecule has 0 unspecified atom stereocenters. The number of hydrogen-bond donors (Lipinski definition) is 1. The maximum Gasteiger partial charge on any atom is 0.244 e. The Morgan fingerprint density at radius 1 is 1.16 bits per heavy atom.